The predicted molar refractivity (Wildman–Crippen MR) is 100 cm³/mol. The number of hydrogen-bond acceptors (Lipinski definition) is 3. The van der Waals surface area contributed by atoms with Gasteiger partial charge in [0.05, 0.1) is 19.8 Å². The van der Waals surface area contributed by atoms with E-state index in [0.29, 0.717) is 12.5 Å². The van der Waals surface area contributed by atoms with Crippen molar-refractivity contribution >= 4 is 29.9 Å². The molecule has 1 heterocycles. The molecule has 1 aromatic rings. The fraction of sp³-hybridized carbons (Fsp3) is 0.562. The third kappa shape index (κ3) is 6.50. The van der Waals surface area contributed by atoms with Crippen LogP contribution in [0.4, 0.5) is 4.39 Å². The van der Waals surface area contributed by atoms with Gasteiger partial charge in [0.25, 0.3) is 0 Å². The summed E-state index contributed by atoms with van der Waals surface area (Å²) in [6, 6.07) is 4.88. The first-order chi connectivity index (χ1) is 10.7. The molecule has 0 radical (unpaired) electrons. The lowest BCUT2D eigenvalue weighted by Crippen LogP contribution is -2.41. The lowest BCUT2D eigenvalue weighted by molar-refractivity contribution is 0.114. The van der Waals surface area contributed by atoms with Crippen molar-refractivity contribution in [3.8, 4) is 5.75 Å². The molecule has 0 aromatic heterocycles. The molecule has 0 aliphatic carbocycles. The zero-order valence-electron chi connectivity index (χ0n) is 13.6. The molecule has 1 saturated heterocycles. The number of ether oxygens (including phenoxy) is 2. The number of halogens is 2. The van der Waals surface area contributed by atoms with E-state index in [2.05, 4.69) is 15.6 Å². The number of methoxy groups -OCH3 is 1. The standard InChI is InChI=1S/C16H24FN3O2.HI/c1-3-18-16(20-11-13-5-4-8-22-13)19-10-12-6-7-15(21-2)14(17)9-12;/h6-7,9,13H,3-5,8,10-11H2,1-2H3,(H2,18,19,20);1H. The number of benzene rings is 1. The maximum absolute atomic E-state index is 13.7. The summed E-state index contributed by atoms with van der Waals surface area (Å²) >= 11 is 0. The molecule has 0 amide bonds. The normalized spacial score (nSPS) is 17.5. The van der Waals surface area contributed by atoms with Gasteiger partial charge in [-0.1, -0.05) is 6.07 Å². The molecule has 1 aromatic carbocycles. The minimum absolute atomic E-state index is 0. The molecule has 0 spiro atoms. The van der Waals surface area contributed by atoms with Crippen LogP contribution in [0.5, 0.6) is 5.75 Å². The molecule has 1 fully saturated rings. The van der Waals surface area contributed by atoms with E-state index in [0.717, 1.165) is 38.1 Å². The average Bonchev–Trinajstić information content (AvgIpc) is 3.03. The van der Waals surface area contributed by atoms with Gasteiger partial charge < -0.3 is 20.1 Å². The zero-order chi connectivity index (χ0) is 15.8. The SMILES string of the molecule is CCNC(=NCc1ccc(OC)c(F)c1)NCC1CCCO1.I. The Morgan fingerprint density at radius 2 is 2.26 bits per heavy atom. The molecule has 23 heavy (non-hydrogen) atoms. The molecule has 1 aliphatic heterocycles. The first-order valence-electron chi connectivity index (χ1n) is 7.69. The van der Waals surface area contributed by atoms with E-state index in [4.69, 9.17) is 9.47 Å². The number of nitrogens with one attached hydrogen (secondary N) is 2. The molecular formula is C16H25FIN3O2. The Morgan fingerprint density at radius 3 is 2.87 bits per heavy atom. The maximum atomic E-state index is 13.7. The summed E-state index contributed by atoms with van der Waals surface area (Å²) in [4.78, 5) is 4.47. The highest BCUT2D eigenvalue weighted by Gasteiger charge is 2.15. The van der Waals surface area contributed by atoms with Gasteiger partial charge >= 0.3 is 0 Å². The quantitative estimate of drug-likeness (QED) is 0.408. The molecule has 1 unspecified atom stereocenters. The highest BCUT2D eigenvalue weighted by Crippen LogP contribution is 2.18. The van der Waals surface area contributed by atoms with Crippen molar-refractivity contribution in [3.63, 3.8) is 0 Å². The first kappa shape index (κ1) is 20.0. The summed E-state index contributed by atoms with van der Waals surface area (Å²) < 4.78 is 24.1. The Bertz CT molecular complexity index is 508. The van der Waals surface area contributed by atoms with Gasteiger partial charge in [0.15, 0.2) is 17.5 Å². The van der Waals surface area contributed by atoms with Gasteiger partial charge in [-0.05, 0) is 37.5 Å². The fourth-order valence-corrected chi connectivity index (χ4v) is 2.34. The van der Waals surface area contributed by atoms with Gasteiger partial charge in [-0.25, -0.2) is 9.38 Å². The van der Waals surface area contributed by atoms with Crippen LogP contribution in [0.1, 0.15) is 25.3 Å². The van der Waals surface area contributed by atoms with Crippen LogP contribution < -0.4 is 15.4 Å². The second-order valence-electron chi connectivity index (χ2n) is 5.18. The Balaban J connectivity index is 0.00000264. The number of aliphatic imine (C=N–C) groups is 1. The highest BCUT2D eigenvalue weighted by molar-refractivity contribution is 14.0. The lowest BCUT2D eigenvalue weighted by atomic mass is 10.2. The van der Waals surface area contributed by atoms with E-state index in [1.165, 1.54) is 13.2 Å². The largest absolute Gasteiger partial charge is 0.494 e. The Hall–Kier alpha value is -1.09. The lowest BCUT2D eigenvalue weighted by Gasteiger charge is -2.14. The van der Waals surface area contributed by atoms with Gasteiger partial charge in [0, 0.05) is 19.7 Å². The molecular weight excluding hydrogens is 412 g/mol. The van der Waals surface area contributed by atoms with Crippen molar-refractivity contribution in [2.45, 2.75) is 32.4 Å². The number of nitrogens with zero attached hydrogens (tertiary/aromatic N) is 1. The molecule has 130 valence electrons. The third-order valence-electron chi connectivity index (χ3n) is 3.50. The summed E-state index contributed by atoms with van der Waals surface area (Å²) in [5.41, 5.74) is 0.799. The summed E-state index contributed by atoms with van der Waals surface area (Å²) in [5.74, 6) is 0.595. The third-order valence-corrected chi connectivity index (χ3v) is 3.50. The van der Waals surface area contributed by atoms with Crippen molar-refractivity contribution in [1.82, 2.24) is 10.6 Å². The molecule has 0 saturated carbocycles. The van der Waals surface area contributed by atoms with Crippen LogP contribution in [0.25, 0.3) is 0 Å². The summed E-state index contributed by atoms with van der Waals surface area (Å²) in [7, 11) is 1.45. The van der Waals surface area contributed by atoms with Crippen LogP contribution in [-0.2, 0) is 11.3 Å². The number of guanidine groups is 1. The number of rotatable bonds is 6. The zero-order valence-corrected chi connectivity index (χ0v) is 15.9. The van der Waals surface area contributed by atoms with E-state index in [1.807, 2.05) is 13.0 Å². The molecule has 7 heteroatoms. The summed E-state index contributed by atoms with van der Waals surface area (Å²) in [5, 5.41) is 6.44. The van der Waals surface area contributed by atoms with Crippen molar-refractivity contribution in [2.75, 3.05) is 26.8 Å². The van der Waals surface area contributed by atoms with E-state index in [-0.39, 0.29) is 41.6 Å². The second kappa shape index (κ2) is 10.6. The van der Waals surface area contributed by atoms with Gasteiger partial charge in [-0.15, -0.1) is 24.0 Å². The maximum Gasteiger partial charge on any atom is 0.191 e. The van der Waals surface area contributed by atoms with Crippen molar-refractivity contribution in [2.24, 2.45) is 4.99 Å². The van der Waals surface area contributed by atoms with E-state index < -0.39 is 0 Å². The van der Waals surface area contributed by atoms with E-state index in [1.54, 1.807) is 6.07 Å². The van der Waals surface area contributed by atoms with Gasteiger partial charge in [-0.3, -0.25) is 0 Å². The van der Waals surface area contributed by atoms with Crippen LogP contribution in [0.15, 0.2) is 23.2 Å². The molecule has 2 rings (SSSR count). The number of hydrogen-bond donors (Lipinski definition) is 2. The molecule has 1 aliphatic rings. The highest BCUT2D eigenvalue weighted by atomic mass is 127. The summed E-state index contributed by atoms with van der Waals surface area (Å²) in [6.45, 7) is 4.76. The average molecular weight is 437 g/mol. The topological polar surface area (TPSA) is 54.9 Å². The monoisotopic (exact) mass is 437 g/mol. The first-order valence-corrected chi connectivity index (χ1v) is 7.69. The van der Waals surface area contributed by atoms with E-state index >= 15 is 0 Å². The fourth-order valence-electron chi connectivity index (χ4n) is 2.34. The molecule has 0 bridgehead atoms. The van der Waals surface area contributed by atoms with Crippen molar-refractivity contribution in [1.29, 1.82) is 0 Å². The predicted octanol–water partition coefficient (Wildman–Crippen LogP) is 2.69. The van der Waals surface area contributed by atoms with Crippen LogP contribution in [0, 0.1) is 5.82 Å². The van der Waals surface area contributed by atoms with Gasteiger partial charge in [0.1, 0.15) is 0 Å². The molecule has 2 N–H and O–H groups in total. The minimum Gasteiger partial charge on any atom is -0.494 e. The Kier molecular flexibility index (Phi) is 9.23. The summed E-state index contributed by atoms with van der Waals surface area (Å²) in [6.07, 6.45) is 2.45. The molecule has 1 atom stereocenters. The van der Waals surface area contributed by atoms with Crippen molar-refractivity contribution in [3.05, 3.63) is 29.6 Å². The van der Waals surface area contributed by atoms with Crippen LogP contribution >= 0.6 is 24.0 Å². The Morgan fingerprint density at radius 1 is 1.43 bits per heavy atom. The van der Waals surface area contributed by atoms with E-state index in [9.17, 15) is 4.39 Å². The van der Waals surface area contributed by atoms with Gasteiger partial charge in [-0.2, -0.15) is 0 Å². The minimum atomic E-state index is -0.368. The Labute approximate surface area is 154 Å². The smallest absolute Gasteiger partial charge is 0.191 e. The van der Waals surface area contributed by atoms with Gasteiger partial charge in [0.2, 0.25) is 0 Å². The van der Waals surface area contributed by atoms with Crippen LogP contribution in [-0.4, -0.2) is 38.9 Å². The second-order valence-corrected chi connectivity index (χ2v) is 5.18. The van der Waals surface area contributed by atoms with Crippen LogP contribution in [0.2, 0.25) is 0 Å². The van der Waals surface area contributed by atoms with Crippen LogP contribution in [0.3, 0.4) is 0 Å². The molecule has 5 nitrogen and oxygen atoms in total. The van der Waals surface area contributed by atoms with Crippen molar-refractivity contribution < 1.29 is 13.9 Å².